The van der Waals surface area contributed by atoms with Gasteiger partial charge in [0.1, 0.15) is 5.01 Å². The Bertz CT molecular complexity index is 1510. The SMILES string of the molecule is c1ccc(-c2nc3ccccc3s2)c([O][Al][O][Al]2[O]c3ccccc3C3Sc4ccccc4[N]32)c1. The van der Waals surface area contributed by atoms with Crippen LogP contribution in [0.4, 0.5) is 5.69 Å². The summed E-state index contributed by atoms with van der Waals surface area (Å²) in [7, 11) is 0. The van der Waals surface area contributed by atoms with Crippen LogP contribution in [0, 0.1) is 0 Å². The second kappa shape index (κ2) is 9.20. The number of thioether (sulfide) groups is 1. The lowest BCUT2D eigenvalue weighted by atomic mass is 10.2. The van der Waals surface area contributed by atoms with E-state index in [0.717, 1.165) is 27.6 Å². The molecule has 0 spiro atoms. The van der Waals surface area contributed by atoms with Crippen LogP contribution in [-0.4, -0.2) is 35.9 Å². The van der Waals surface area contributed by atoms with Crippen molar-refractivity contribution in [3.05, 3.63) is 103 Å². The highest BCUT2D eigenvalue weighted by Crippen LogP contribution is 2.55. The number of benzene rings is 4. The van der Waals surface area contributed by atoms with E-state index >= 15 is 0 Å². The molecule has 2 aliphatic rings. The first kappa shape index (κ1) is 21.8. The number of hydrogen-bond donors (Lipinski definition) is 0. The van der Waals surface area contributed by atoms with E-state index in [0.29, 0.717) is 0 Å². The van der Waals surface area contributed by atoms with Crippen molar-refractivity contribution in [1.82, 2.24) is 4.98 Å². The van der Waals surface area contributed by atoms with E-state index < -0.39 is 30.9 Å². The van der Waals surface area contributed by atoms with Crippen molar-refractivity contribution in [3.8, 4) is 22.1 Å². The molecule has 0 amide bonds. The second-order valence-corrected chi connectivity index (χ2v) is 13.2. The molecule has 0 fully saturated rings. The molecule has 3 heterocycles. The van der Waals surface area contributed by atoms with E-state index in [1.54, 1.807) is 11.3 Å². The summed E-state index contributed by atoms with van der Waals surface area (Å²) in [6.07, 6.45) is 0. The molecule has 1 unspecified atom stereocenters. The Balaban J connectivity index is 1.15. The number of fused-ring (bicyclic) bond motifs is 6. The summed E-state index contributed by atoms with van der Waals surface area (Å²) in [5.74, 6) is 1.71. The molecule has 7 rings (SSSR count). The number of anilines is 1. The molecular weight excluding hydrogens is 506 g/mol. The van der Waals surface area contributed by atoms with Crippen LogP contribution in [-0.2, 0) is 2.84 Å². The molecule has 167 valence electrons. The molecule has 1 atom stereocenters. The standard InChI is InChI=1S/C13H10NOS.C13H9NOS.2Al.O/c2*15-11-7-3-1-5-9(11)13-14-10-6-2-4-8-12(10)16-13;;;/h1-8,13,15H;1-8,15H;;;/q-1;;+1;+2;/p-2. The fourth-order valence-electron chi connectivity index (χ4n) is 4.42. The minimum absolute atomic E-state index is 0.170. The topological polar surface area (TPSA) is 43.8 Å². The number of para-hydroxylation sites is 4. The van der Waals surface area contributed by atoms with Crippen LogP contribution in [0.2, 0.25) is 0 Å². The number of thiazole rings is 1. The van der Waals surface area contributed by atoms with Crippen molar-refractivity contribution >= 4 is 69.9 Å². The fourth-order valence-corrected chi connectivity index (χ4v) is 10.3. The van der Waals surface area contributed by atoms with Crippen LogP contribution in [0.5, 0.6) is 11.5 Å². The zero-order valence-electron chi connectivity index (χ0n) is 18.4. The Morgan fingerprint density at radius 1 is 0.886 bits per heavy atom. The summed E-state index contributed by atoms with van der Waals surface area (Å²) in [6, 6.07) is 33.0. The summed E-state index contributed by atoms with van der Waals surface area (Å²) < 4.78 is 22.7. The van der Waals surface area contributed by atoms with Gasteiger partial charge in [0.15, 0.2) is 0 Å². The molecule has 4 aromatic carbocycles. The third-order valence-corrected chi connectivity index (χ3v) is 11.8. The zero-order chi connectivity index (χ0) is 23.2. The monoisotopic (exact) mass is 523 g/mol. The summed E-state index contributed by atoms with van der Waals surface area (Å²) in [6.45, 7) is 0. The molecule has 1 aromatic heterocycles. The first-order valence-electron chi connectivity index (χ1n) is 11.2. The Labute approximate surface area is 222 Å². The Hall–Kier alpha value is -2.46. The molecule has 0 saturated heterocycles. The lowest BCUT2D eigenvalue weighted by molar-refractivity contribution is 0.374. The molecular formula is C26H17Al2N2O3S2. The van der Waals surface area contributed by atoms with Gasteiger partial charge >= 0.3 is 30.9 Å². The van der Waals surface area contributed by atoms with E-state index in [4.69, 9.17) is 15.4 Å². The maximum Gasteiger partial charge on any atom is 0.915 e. The highest BCUT2D eigenvalue weighted by molar-refractivity contribution is 8.00. The van der Waals surface area contributed by atoms with Crippen molar-refractivity contribution < 1.29 is 10.4 Å². The predicted octanol–water partition coefficient (Wildman–Crippen LogP) is 6.58. The molecule has 35 heavy (non-hydrogen) atoms. The Morgan fingerprint density at radius 3 is 2.66 bits per heavy atom. The van der Waals surface area contributed by atoms with Gasteiger partial charge in [0.2, 0.25) is 0 Å². The molecule has 5 aromatic rings. The Kier molecular flexibility index (Phi) is 5.73. The number of rotatable bonds is 5. The molecule has 0 aliphatic carbocycles. The summed E-state index contributed by atoms with van der Waals surface area (Å²) in [5, 5.41) is 1.12. The van der Waals surface area contributed by atoms with Gasteiger partial charge in [-0.05, 0) is 42.5 Å². The van der Waals surface area contributed by atoms with Gasteiger partial charge in [0, 0.05) is 21.7 Å². The minimum atomic E-state index is -2.25. The van der Waals surface area contributed by atoms with E-state index in [1.807, 2.05) is 60.3 Å². The highest BCUT2D eigenvalue weighted by Gasteiger charge is 2.52. The summed E-state index contributed by atoms with van der Waals surface area (Å²) in [5.41, 5.74) is 4.37. The largest absolute Gasteiger partial charge is 0.915 e. The van der Waals surface area contributed by atoms with E-state index in [2.05, 4.69) is 52.4 Å². The molecule has 5 nitrogen and oxygen atoms in total. The maximum atomic E-state index is 6.46. The Morgan fingerprint density at radius 2 is 1.69 bits per heavy atom. The van der Waals surface area contributed by atoms with Crippen molar-refractivity contribution in [2.45, 2.75) is 10.3 Å². The number of nitrogens with zero attached hydrogens (tertiary/aromatic N) is 2. The van der Waals surface area contributed by atoms with Gasteiger partial charge in [-0.3, -0.25) is 0 Å². The average molecular weight is 524 g/mol. The van der Waals surface area contributed by atoms with Crippen LogP contribution >= 0.6 is 23.1 Å². The van der Waals surface area contributed by atoms with Crippen molar-refractivity contribution in [3.63, 3.8) is 0 Å². The maximum absolute atomic E-state index is 6.46. The average Bonchev–Trinajstić information content (AvgIpc) is 3.51. The molecule has 9 heteroatoms. The molecule has 0 bridgehead atoms. The molecule has 0 N–H and O–H groups in total. The lowest BCUT2D eigenvalue weighted by Crippen LogP contribution is -2.50. The minimum Gasteiger partial charge on any atom is -0.627 e. The molecule has 2 aliphatic heterocycles. The third-order valence-electron chi connectivity index (χ3n) is 6.03. The summed E-state index contributed by atoms with van der Waals surface area (Å²) >= 11 is 0.507. The van der Waals surface area contributed by atoms with Gasteiger partial charge in [0.25, 0.3) is 0 Å². The van der Waals surface area contributed by atoms with Crippen LogP contribution in [0.1, 0.15) is 10.9 Å². The predicted molar refractivity (Wildman–Crippen MR) is 143 cm³/mol. The fraction of sp³-hybridized carbons (Fsp3) is 0.0385. The van der Waals surface area contributed by atoms with Gasteiger partial charge < -0.3 is 14.3 Å². The van der Waals surface area contributed by atoms with Crippen LogP contribution in [0.25, 0.3) is 20.8 Å². The van der Waals surface area contributed by atoms with Crippen LogP contribution in [0.15, 0.2) is 102 Å². The van der Waals surface area contributed by atoms with Gasteiger partial charge in [-0.1, -0.05) is 66.4 Å². The first-order chi connectivity index (χ1) is 17.3. The molecule has 0 saturated carbocycles. The lowest BCUT2D eigenvalue weighted by Gasteiger charge is -2.36. The van der Waals surface area contributed by atoms with Crippen molar-refractivity contribution in [1.29, 1.82) is 0 Å². The number of aromatic nitrogens is 1. The van der Waals surface area contributed by atoms with E-state index in [-0.39, 0.29) is 5.37 Å². The normalized spacial score (nSPS) is 15.8. The van der Waals surface area contributed by atoms with Crippen LogP contribution in [0.3, 0.4) is 0 Å². The smallest absolute Gasteiger partial charge is 0.627 e. The zero-order valence-corrected chi connectivity index (χ0v) is 22.3. The van der Waals surface area contributed by atoms with Gasteiger partial charge in [0.05, 0.1) is 27.1 Å². The number of hydrogen-bond acceptors (Lipinski definition) is 7. The molecule has 1 radical (unpaired) electrons. The van der Waals surface area contributed by atoms with Gasteiger partial charge in [-0.2, -0.15) is 0 Å². The second-order valence-electron chi connectivity index (χ2n) is 8.14. The van der Waals surface area contributed by atoms with Gasteiger partial charge in [-0.25, -0.2) is 4.98 Å². The first-order valence-corrected chi connectivity index (χ1v) is 15.3. The van der Waals surface area contributed by atoms with E-state index in [1.165, 1.54) is 20.8 Å². The van der Waals surface area contributed by atoms with Crippen molar-refractivity contribution in [2.24, 2.45) is 0 Å². The third kappa shape index (κ3) is 3.95. The van der Waals surface area contributed by atoms with E-state index in [9.17, 15) is 0 Å². The summed E-state index contributed by atoms with van der Waals surface area (Å²) in [4.78, 5) is 6.08. The van der Waals surface area contributed by atoms with Crippen molar-refractivity contribution in [2.75, 3.05) is 3.88 Å². The van der Waals surface area contributed by atoms with Gasteiger partial charge in [-0.15, -0.1) is 11.3 Å². The highest BCUT2D eigenvalue weighted by atomic mass is 32.2. The quantitative estimate of drug-likeness (QED) is 0.243. The van der Waals surface area contributed by atoms with Crippen LogP contribution < -0.4 is 11.5 Å².